The van der Waals surface area contributed by atoms with Gasteiger partial charge in [-0.05, 0) is 18.3 Å². The third kappa shape index (κ3) is 2.25. The van der Waals surface area contributed by atoms with Gasteiger partial charge in [-0.25, -0.2) is 0 Å². The van der Waals surface area contributed by atoms with Crippen molar-refractivity contribution in [2.45, 2.75) is 32.6 Å². The van der Waals surface area contributed by atoms with Crippen LogP contribution in [0.25, 0.3) is 0 Å². The maximum absolute atomic E-state index is 11.4. The number of nitrogens with zero attached hydrogens (tertiary/aromatic N) is 3. The van der Waals surface area contributed by atoms with E-state index in [0.717, 1.165) is 25.1 Å². The first-order valence-corrected chi connectivity index (χ1v) is 5.51. The Morgan fingerprint density at radius 3 is 3.07 bits per heavy atom. The van der Waals surface area contributed by atoms with Crippen LogP contribution in [0.5, 0.6) is 0 Å². The molecule has 1 fully saturated rings. The summed E-state index contributed by atoms with van der Waals surface area (Å²) in [6, 6.07) is 0. The topological polar surface area (TPSA) is 47.8 Å². The Bertz CT molecular complexity index is 358. The van der Waals surface area contributed by atoms with Gasteiger partial charge in [0.1, 0.15) is 17.9 Å². The highest BCUT2D eigenvalue weighted by molar-refractivity contribution is 5.79. The molecule has 82 valence electrons. The molecule has 1 heterocycles. The summed E-state index contributed by atoms with van der Waals surface area (Å²) in [5.74, 6) is 2.47. The van der Waals surface area contributed by atoms with Gasteiger partial charge in [-0.3, -0.25) is 4.79 Å². The minimum Gasteiger partial charge on any atom is -0.321 e. The number of hydrogen-bond acceptors (Lipinski definition) is 3. The van der Waals surface area contributed by atoms with Gasteiger partial charge in [-0.2, -0.15) is 0 Å². The molecule has 0 aliphatic heterocycles. The number of rotatable bonds is 2. The second-order valence-corrected chi connectivity index (χ2v) is 4.58. The standard InChI is InChI=1S/C11H17N3O/c1-8-3-4-10(15)5-9(8)6-11-13-12-7-14(11)2/h7-9H,3-6H2,1-2H3. The molecule has 1 aromatic rings. The maximum Gasteiger partial charge on any atom is 0.133 e. The van der Waals surface area contributed by atoms with Crippen LogP contribution in [0.1, 0.15) is 32.0 Å². The van der Waals surface area contributed by atoms with Crippen molar-refractivity contribution in [3.05, 3.63) is 12.2 Å². The van der Waals surface area contributed by atoms with Crippen molar-refractivity contribution >= 4 is 5.78 Å². The second kappa shape index (κ2) is 4.13. The van der Waals surface area contributed by atoms with Crippen molar-refractivity contribution in [3.8, 4) is 0 Å². The van der Waals surface area contributed by atoms with Gasteiger partial charge < -0.3 is 4.57 Å². The van der Waals surface area contributed by atoms with Crippen LogP contribution in [-0.4, -0.2) is 20.5 Å². The van der Waals surface area contributed by atoms with Crippen LogP contribution >= 0.6 is 0 Å². The number of Topliss-reactive ketones (excluding diaryl/α,β-unsaturated/α-hetero) is 1. The predicted octanol–water partition coefficient (Wildman–Crippen LogP) is 1.36. The fraction of sp³-hybridized carbons (Fsp3) is 0.727. The molecular weight excluding hydrogens is 190 g/mol. The highest BCUT2D eigenvalue weighted by atomic mass is 16.1. The molecule has 4 nitrogen and oxygen atoms in total. The zero-order valence-corrected chi connectivity index (χ0v) is 9.31. The highest BCUT2D eigenvalue weighted by Crippen LogP contribution is 2.29. The Morgan fingerprint density at radius 1 is 1.60 bits per heavy atom. The van der Waals surface area contributed by atoms with Crippen LogP contribution in [0, 0.1) is 11.8 Å². The van der Waals surface area contributed by atoms with E-state index in [0.29, 0.717) is 24.0 Å². The smallest absolute Gasteiger partial charge is 0.133 e. The number of carbonyl (C=O) groups excluding carboxylic acids is 1. The van der Waals surface area contributed by atoms with Gasteiger partial charge in [0.25, 0.3) is 0 Å². The lowest BCUT2D eigenvalue weighted by atomic mass is 9.78. The predicted molar refractivity (Wildman–Crippen MR) is 56.2 cm³/mol. The third-order valence-corrected chi connectivity index (χ3v) is 3.42. The molecular formula is C11H17N3O. The van der Waals surface area contributed by atoms with E-state index < -0.39 is 0 Å². The minimum absolute atomic E-state index is 0.403. The van der Waals surface area contributed by atoms with Gasteiger partial charge in [0, 0.05) is 26.3 Å². The van der Waals surface area contributed by atoms with Gasteiger partial charge in [-0.1, -0.05) is 6.92 Å². The maximum atomic E-state index is 11.4. The summed E-state index contributed by atoms with van der Waals surface area (Å²) in [6.45, 7) is 2.23. The largest absolute Gasteiger partial charge is 0.321 e. The molecule has 2 atom stereocenters. The van der Waals surface area contributed by atoms with Crippen LogP contribution in [-0.2, 0) is 18.3 Å². The number of hydrogen-bond donors (Lipinski definition) is 0. The molecule has 1 saturated carbocycles. The van der Waals surface area contributed by atoms with E-state index in [4.69, 9.17) is 0 Å². The molecule has 2 rings (SSSR count). The fourth-order valence-electron chi connectivity index (χ4n) is 2.22. The van der Waals surface area contributed by atoms with Gasteiger partial charge in [-0.15, -0.1) is 10.2 Å². The first kappa shape index (κ1) is 10.3. The molecule has 0 spiro atoms. The summed E-state index contributed by atoms with van der Waals surface area (Å²) in [6.07, 6.45) is 5.10. The third-order valence-electron chi connectivity index (χ3n) is 3.42. The van der Waals surface area contributed by atoms with E-state index in [-0.39, 0.29) is 0 Å². The Hall–Kier alpha value is -1.19. The van der Waals surface area contributed by atoms with Gasteiger partial charge >= 0.3 is 0 Å². The first-order chi connectivity index (χ1) is 7.16. The average molecular weight is 207 g/mol. The molecule has 1 aromatic heterocycles. The molecule has 0 radical (unpaired) electrons. The van der Waals surface area contributed by atoms with Crippen LogP contribution < -0.4 is 0 Å². The van der Waals surface area contributed by atoms with Crippen LogP contribution in [0.3, 0.4) is 0 Å². The second-order valence-electron chi connectivity index (χ2n) is 4.58. The van der Waals surface area contributed by atoms with E-state index in [1.807, 2.05) is 11.6 Å². The van der Waals surface area contributed by atoms with Gasteiger partial charge in [0.05, 0.1) is 0 Å². The first-order valence-electron chi connectivity index (χ1n) is 5.51. The van der Waals surface area contributed by atoms with Crippen LogP contribution in [0.4, 0.5) is 0 Å². The summed E-state index contributed by atoms with van der Waals surface area (Å²) in [4.78, 5) is 11.4. The summed E-state index contributed by atoms with van der Waals surface area (Å²) in [7, 11) is 1.95. The fourth-order valence-corrected chi connectivity index (χ4v) is 2.22. The van der Waals surface area contributed by atoms with E-state index in [1.165, 1.54) is 0 Å². The zero-order valence-electron chi connectivity index (χ0n) is 9.31. The monoisotopic (exact) mass is 207 g/mol. The number of carbonyl (C=O) groups is 1. The number of ketones is 1. The van der Waals surface area contributed by atoms with E-state index >= 15 is 0 Å². The lowest BCUT2D eigenvalue weighted by Gasteiger charge is -2.27. The van der Waals surface area contributed by atoms with E-state index in [1.54, 1.807) is 6.33 Å². The van der Waals surface area contributed by atoms with Crippen LogP contribution in [0.15, 0.2) is 6.33 Å². The van der Waals surface area contributed by atoms with Gasteiger partial charge in [0.2, 0.25) is 0 Å². The zero-order chi connectivity index (χ0) is 10.8. The molecule has 1 aliphatic rings. The molecule has 0 N–H and O–H groups in total. The lowest BCUT2D eigenvalue weighted by molar-refractivity contribution is -0.122. The molecule has 15 heavy (non-hydrogen) atoms. The minimum atomic E-state index is 0.403. The highest BCUT2D eigenvalue weighted by Gasteiger charge is 2.27. The van der Waals surface area contributed by atoms with Crippen molar-refractivity contribution in [2.24, 2.45) is 18.9 Å². The van der Waals surface area contributed by atoms with E-state index in [9.17, 15) is 4.79 Å². The Kier molecular flexibility index (Phi) is 2.84. The molecule has 0 bridgehead atoms. The quantitative estimate of drug-likeness (QED) is 0.735. The Labute approximate surface area is 89.7 Å². The molecule has 0 aromatic carbocycles. The Morgan fingerprint density at radius 2 is 2.40 bits per heavy atom. The lowest BCUT2D eigenvalue weighted by Crippen LogP contribution is -2.25. The van der Waals surface area contributed by atoms with Crippen molar-refractivity contribution in [2.75, 3.05) is 0 Å². The normalized spacial score (nSPS) is 26.9. The number of aryl methyl sites for hydroxylation is 1. The summed E-state index contributed by atoms with van der Waals surface area (Å²) < 4.78 is 1.94. The van der Waals surface area contributed by atoms with Gasteiger partial charge in [0.15, 0.2) is 0 Å². The van der Waals surface area contributed by atoms with Crippen molar-refractivity contribution in [3.63, 3.8) is 0 Å². The summed E-state index contributed by atoms with van der Waals surface area (Å²) in [5.41, 5.74) is 0. The molecule has 0 amide bonds. The SMILES string of the molecule is CC1CCC(=O)CC1Cc1nncn1C. The molecule has 1 aliphatic carbocycles. The molecule has 0 saturated heterocycles. The van der Waals surface area contributed by atoms with Crippen molar-refractivity contribution in [1.82, 2.24) is 14.8 Å². The molecule has 2 unspecified atom stereocenters. The average Bonchev–Trinajstić information content (AvgIpc) is 2.58. The number of aromatic nitrogens is 3. The van der Waals surface area contributed by atoms with E-state index in [2.05, 4.69) is 17.1 Å². The Balaban J connectivity index is 2.04. The van der Waals surface area contributed by atoms with Crippen LogP contribution in [0.2, 0.25) is 0 Å². The molecule has 4 heteroatoms. The summed E-state index contributed by atoms with van der Waals surface area (Å²) in [5, 5.41) is 7.93. The van der Waals surface area contributed by atoms with Crippen molar-refractivity contribution < 1.29 is 4.79 Å². The van der Waals surface area contributed by atoms with Crippen molar-refractivity contribution in [1.29, 1.82) is 0 Å². The summed E-state index contributed by atoms with van der Waals surface area (Å²) >= 11 is 0.